The Bertz CT molecular complexity index is 1840. The van der Waals surface area contributed by atoms with E-state index in [4.69, 9.17) is 18.5 Å². The Morgan fingerprint density at radius 3 is 0.944 bits per heavy atom. The fourth-order valence-corrected chi connectivity index (χ4v) is 11.6. The zero-order chi connectivity index (χ0) is 65.5. The van der Waals surface area contributed by atoms with Crippen molar-refractivity contribution in [3.8, 4) is 0 Å². The summed E-state index contributed by atoms with van der Waals surface area (Å²) >= 11 is 0. The summed E-state index contributed by atoms with van der Waals surface area (Å²) in [5.41, 5.74) is 0. The molecule has 0 saturated heterocycles. The van der Waals surface area contributed by atoms with Gasteiger partial charge in [-0.2, -0.15) is 0 Å². The molecule has 90 heavy (non-hydrogen) atoms. The molecule has 9 nitrogen and oxygen atoms in total. The van der Waals surface area contributed by atoms with Crippen LogP contribution in [0.5, 0.6) is 0 Å². The highest BCUT2D eigenvalue weighted by Crippen LogP contribution is 2.43. The number of unbranched alkanes of at least 4 members (excludes halogenated alkanes) is 40. The minimum Gasteiger partial charge on any atom is -0.462 e. The maximum absolute atomic E-state index is 12.9. The second kappa shape index (κ2) is 70.3. The Morgan fingerprint density at radius 2 is 0.633 bits per heavy atom. The fourth-order valence-electron chi connectivity index (χ4n) is 10.9. The molecule has 0 rings (SSSR count). The van der Waals surface area contributed by atoms with E-state index < -0.39 is 26.5 Å². The monoisotopic (exact) mass is 1280 g/mol. The Morgan fingerprint density at radius 1 is 0.356 bits per heavy atom. The van der Waals surface area contributed by atoms with E-state index in [1.807, 2.05) is 21.1 Å². The van der Waals surface area contributed by atoms with Crippen molar-refractivity contribution in [1.29, 1.82) is 0 Å². The molecule has 0 heterocycles. The Kier molecular flexibility index (Phi) is 67.9. The zero-order valence-electron chi connectivity index (χ0n) is 59.6. The molecule has 0 aliphatic heterocycles. The van der Waals surface area contributed by atoms with Crippen LogP contribution in [0.15, 0.2) is 97.2 Å². The minimum absolute atomic E-state index is 0.0317. The van der Waals surface area contributed by atoms with Crippen LogP contribution in [0.25, 0.3) is 0 Å². The summed E-state index contributed by atoms with van der Waals surface area (Å²) in [6, 6.07) is 0. The molecule has 1 N–H and O–H groups in total. The average molecular weight is 1280 g/mol. The van der Waals surface area contributed by atoms with Gasteiger partial charge < -0.3 is 18.9 Å². The highest BCUT2D eigenvalue weighted by molar-refractivity contribution is 7.47. The predicted molar refractivity (Wildman–Crippen MR) is 390 cm³/mol. The van der Waals surface area contributed by atoms with E-state index in [2.05, 4.69) is 111 Å². The third-order valence-corrected chi connectivity index (χ3v) is 17.6. The third-order valence-electron chi connectivity index (χ3n) is 16.6. The molecule has 0 aromatic rings. The van der Waals surface area contributed by atoms with Crippen molar-refractivity contribution < 1.29 is 42.1 Å². The number of quaternary nitrogens is 1. The van der Waals surface area contributed by atoms with Crippen molar-refractivity contribution in [3.63, 3.8) is 0 Å². The van der Waals surface area contributed by atoms with Gasteiger partial charge in [0.2, 0.25) is 0 Å². The minimum atomic E-state index is -4.39. The van der Waals surface area contributed by atoms with E-state index in [0.29, 0.717) is 23.9 Å². The number of likely N-dealkylation sites (N-methyl/N-ethyl adjacent to an activating group) is 1. The first-order valence-corrected chi connectivity index (χ1v) is 39.5. The molecule has 0 aliphatic rings. The predicted octanol–water partition coefficient (Wildman–Crippen LogP) is 25.1. The van der Waals surface area contributed by atoms with E-state index in [0.717, 1.165) is 83.5 Å². The number of hydrogen-bond acceptors (Lipinski definition) is 7. The van der Waals surface area contributed by atoms with Gasteiger partial charge in [-0.3, -0.25) is 18.6 Å². The van der Waals surface area contributed by atoms with Crippen molar-refractivity contribution >= 4 is 19.8 Å². The molecule has 0 radical (unpaired) electrons. The summed E-state index contributed by atoms with van der Waals surface area (Å²) < 4.78 is 34.8. The van der Waals surface area contributed by atoms with Gasteiger partial charge in [0.05, 0.1) is 27.7 Å². The standard InChI is InChI=1S/C80H144NO8P/c1-6-8-10-12-14-16-18-20-22-24-26-28-30-32-33-34-35-36-37-38-39-40-41-42-43-44-45-46-47-49-51-53-55-57-59-61-63-65-67-69-71-73-80(83)89-78(77-88-90(84,85)87-75-74-81(3,4)5)76-86-79(82)72-70-68-66-64-62-60-58-56-54-52-50-48-31-29-27-25-23-21-19-17-15-13-11-9-7-2/h8,10,14,16,20,22,26,28,32-33,35-36,38-39,41-42,78H,6-7,9,11-13,15,17-19,21,23-25,27,29-31,34,37,40,43-77H2,1-5H3/p+1/b10-8-,16-14-,22-20-,28-26-,33-32-,36-35-,39-38-,42-41-. The van der Waals surface area contributed by atoms with Gasteiger partial charge >= 0.3 is 19.8 Å². The number of rotatable bonds is 70. The van der Waals surface area contributed by atoms with Crippen LogP contribution in [0.4, 0.5) is 0 Å². The van der Waals surface area contributed by atoms with E-state index in [1.54, 1.807) is 0 Å². The highest BCUT2D eigenvalue weighted by atomic mass is 31.2. The van der Waals surface area contributed by atoms with Crippen LogP contribution in [0.2, 0.25) is 0 Å². The number of allylic oxidation sites excluding steroid dienone is 16. The molecule has 0 aromatic carbocycles. The molecule has 522 valence electrons. The van der Waals surface area contributed by atoms with Gasteiger partial charge in [0, 0.05) is 12.8 Å². The van der Waals surface area contributed by atoms with Crippen molar-refractivity contribution in [2.75, 3.05) is 47.5 Å². The second-order valence-electron chi connectivity index (χ2n) is 26.7. The van der Waals surface area contributed by atoms with Crippen LogP contribution in [0, 0.1) is 0 Å². The van der Waals surface area contributed by atoms with Gasteiger partial charge in [0.25, 0.3) is 0 Å². The first kappa shape index (κ1) is 86.9. The van der Waals surface area contributed by atoms with Gasteiger partial charge in [-0.15, -0.1) is 0 Å². The van der Waals surface area contributed by atoms with Gasteiger partial charge in [-0.05, 0) is 77.0 Å². The van der Waals surface area contributed by atoms with Crippen molar-refractivity contribution in [2.24, 2.45) is 0 Å². The molecular formula is C80H145NO8P+. The average Bonchev–Trinajstić information content (AvgIpc) is 3.62. The lowest BCUT2D eigenvalue weighted by molar-refractivity contribution is -0.870. The number of nitrogens with zero attached hydrogens (tertiary/aromatic N) is 1. The SMILES string of the molecule is CC/C=C\C/C=C\C/C=C\C/C=C\C/C=C\C/C=C\C/C=C\C/C=C\CCCCCCCCCCCCCCCCCCC(=O)OC(COC(=O)CCCCCCCCCCCCCCCCCCCCCCCCCCC)COP(=O)(O)OCC[N+](C)(C)C. The van der Waals surface area contributed by atoms with Crippen molar-refractivity contribution in [3.05, 3.63) is 97.2 Å². The molecule has 2 unspecified atom stereocenters. The fraction of sp³-hybridized carbons (Fsp3) is 0.775. The lowest BCUT2D eigenvalue weighted by Crippen LogP contribution is -2.37. The highest BCUT2D eigenvalue weighted by Gasteiger charge is 2.27. The Labute approximate surface area is 557 Å². The molecule has 0 amide bonds. The summed E-state index contributed by atoms with van der Waals surface area (Å²) in [5, 5.41) is 0. The summed E-state index contributed by atoms with van der Waals surface area (Å²) in [4.78, 5) is 35.9. The van der Waals surface area contributed by atoms with Crippen LogP contribution in [-0.2, 0) is 32.7 Å². The summed E-state index contributed by atoms with van der Waals surface area (Å²) in [5.74, 6) is -0.781. The maximum Gasteiger partial charge on any atom is 0.472 e. The topological polar surface area (TPSA) is 108 Å². The summed E-state index contributed by atoms with van der Waals surface area (Å²) in [6.07, 6.45) is 98.2. The molecule has 0 fully saturated rings. The lowest BCUT2D eigenvalue weighted by atomic mass is 10.0. The smallest absolute Gasteiger partial charge is 0.462 e. The zero-order valence-corrected chi connectivity index (χ0v) is 60.5. The van der Waals surface area contributed by atoms with E-state index >= 15 is 0 Å². The molecule has 2 atom stereocenters. The number of phosphoric acid groups is 1. The van der Waals surface area contributed by atoms with Crippen molar-refractivity contribution in [2.45, 2.75) is 354 Å². The van der Waals surface area contributed by atoms with Crippen LogP contribution in [0.1, 0.15) is 348 Å². The lowest BCUT2D eigenvalue weighted by Gasteiger charge is -2.24. The maximum atomic E-state index is 12.9. The number of hydrogen-bond donors (Lipinski definition) is 1. The third kappa shape index (κ3) is 74.0. The Balaban J connectivity index is 3.98. The molecule has 10 heteroatoms. The van der Waals surface area contributed by atoms with Crippen LogP contribution >= 0.6 is 7.82 Å². The van der Waals surface area contributed by atoms with Gasteiger partial charge in [0.1, 0.15) is 19.8 Å². The first-order chi connectivity index (χ1) is 44.0. The van der Waals surface area contributed by atoms with Crippen LogP contribution in [-0.4, -0.2) is 74.9 Å². The molecule has 0 spiro atoms. The van der Waals surface area contributed by atoms with Crippen LogP contribution in [0.3, 0.4) is 0 Å². The van der Waals surface area contributed by atoms with Gasteiger partial charge in [-0.25, -0.2) is 4.57 Å². The van der Waals surface area contributed by atoms with Crippen LogP contribution < -0.4 is 0 Å². The van der Waals surface area contributed by atoms with Crippen molar-refractivity contribution in [1.82, 2.24) is 0 Å². The largest absolute Gasteiger partial charge is 0.472 e. The van der Waals surface area contributed by atoms with Gasteiger partial charge in [-0.1, -0.05) is 355 Å². The molecular weight excluding hydrogens is 1130 g/mol. The first-order valence-electron chi connectivity index (χ1n) is 38.0. The number of carbonyl (C=O) groups excluding carboxylic acids is 2. The number of phosphoric ester groups is 1. The second-order valence-corrected chi connectivity index (χ2v) is 28.1. The number of ether oxygens (including phenoxy) is 2. The molecule has 0 aromatic heterocycles. The quantitative estimate of drug-likeness (QED) is 0.0211. The van der Waals surface area contributed by atoms with E-state index in [9.17, 15) is 19.0 Å². The normalized spacial score (nSPS) is 13.6. The molecule has 0 bridgehead atoms. The number of carbonyl (C=O) groups is 2. The number of esters is 2. The van der Waals surface area contributed by atoms with E-state index in [1.165, 1.54) is 231 Å². The summed E-state index contributed by atoms with van der Waals surface area (Å²) in [7, 11) is 1.49. The molecule has 0 aliphatic carbocycles. The molecule has 0 saturated carbocycles. The van der Waals surface area contributed by atoms with Gasteiger partial charge in [0.15, 0.2) is 6.10 Å². The Hall–Kier alpha value is -3.07. The van der Waals surface area contributed by atoms with E-state index in [-0.39, 0.29) is 25.6 Å². The summed E-state index contributed by atoms with van der Waals surface area (Å²) in [6.45, 7) is 4.37.